The Bertz CT molecular complexity index is 670. The van der Waals surface area contributed by atoms with Crippen LogP contribution in [0.15, 0.2) is 24.4 Å². The number of carbonyl (C=O) groups is 1. The van der Waals surface area contributed by atoms with E-state index in [1.807, 2.05) is 20.8 Å². The van der Waals surface area contributed by atoms with Gasteiger partial charge >= 0.3 is 6.03 Å². The molecule has 0 radical (unpaired) electrons. The Morgan fingerprint density at radius 3 is 2.57 bits per heavy atom. The number of nitrogens with zero attached hydrogens (tertiary/aromatic N) is 1. The smallest absolute Gasteiger partial charge is 0.319 e. The summed E-state index contributed by atoms with van der Waals surface area (Å²) in [6, 6.07) is 4.60. The Kier molecular flexibility index (Phi) is 4.76. The van der Waals surface area contributed by atoms with Crippen molar-refractivity contribution in [2.24, 2.45) is 0 Å². The summed E-state index contributed by atoms with van der Waals surface area (Å²) in [5, 5.41) is 7.31. The first kappa shape index (κ1) is 16.1. The molecule has 7 heteroatoms. The second-order valence-electron chi connectivity index (χ2n) is 5.11. The van der Waals surface area contributed by atoms with Crippen LogP contribution in [0.3, 0.4) is 0 Å². The highest BCUT2D eigenvalue weighted by molar-refractivity contribution is 7.11. The second-order valence-corrected chi connectivity index (χ2v) is 7.16. The molecule has 1 aromatic carbocycles. The van der Waals surface area contributed by atoms with Crippen LogP contribution in [0.4, 0.5) is 10.5 Å². The highest BCUT2D eigenvalue weighted by Crippen LogP contribution is 2.26. The van der Waals surface area contributed by atoms with E-state index in [0.717, 1.165) is 9.88 Å². The number of aromatic nitrogens is 1. The maximum absolute atomic E-state index is 12.1. The average molecular weight is 344 g/mol. The number of benzene rings is 1. The minimum Gasteiger partial charge on any atom is -0.326 e. The summed E-state index contributed by atoms with van der Waals surface area (Å²) in [6.07, 6.45) is 1.79. The molecule has 0 fully saturated rings. The number of rotatable bonds is 3. The minimum atomic E-state index is -0.556. The second kappa shape index (κ2) is 6.22. The van der Waals surface area contributed by atoms with Crippen LogP contribution < -0.4 is 10.6 Å². The normalized spacial score (nSPS) is 11.3. The maximum atomic E-state index is 12.1. The lowest BCUT2D eigenvalue weighted by molar-refractivity contribution is 0.242. The van der Waals surface area contributed by atoms with Gasteiger partial charge in [-0.3, -0.25) is 0 Å². The standard InChI is InChI=1S/C14H15Cl2N3OS/c1-8-7-17-12(21-8)14(2,3)19-13(20)18-9-4-5-10(15)11(16)6-9/h4-7H,1-3H3,(H2,18,19,20). The lowest BCUT2D eigenvalue weighted by Gasteiger charge is -2.24. The molecule has 2 N–H and O–H groups in total. The average Bonchev–Trinajstić information content (AvgIpc) is 2.81. The number of urea groups is 1. The molecule has 2 amide bonds. The van der Waals surface area contributed by atoms with E-state index in [9.17, 15) is 4.79 Å². The molecule has 1 heterocycles. The fourth-order valence-corrected chi connectivity index (χ4v) is 2.84. The van der Waals surface area contributed by atoms with Crippen molar-refractivity contribution in [3.05, 3.63) is 44.3 Å². The van der Waals surface area contributed by atoms with Crippen LogP contribution in [0.2, 0.25) is 10.0 Å². The summed E-state index contributed by atoms with van der Waals surface area (Å²) < 4.78 is 0. The summed E-state index contributed by atoms with van der Waals surface area (Å²) in [5.74, 6) is 0. The number of halogens is 2. The number of thiazole rings is 1. The van der Waals surface area contributed by atoms with E-state index in [2.05, 4.69) is 15.6 Å². The summed E-state index contributed by atoms with van der Waals surface area (Å²) in [4.78, 5) is 17.5. The van der Waals surface area contributed by atoms with Gasteiger partial charge in [-0.25, -0.2) is 9.78 Å². The zero-order chi connectivity index (χ0) is 15.6. The monoisotopic (exact) mass is 343 g/mol. The third-order valence-corrected chi connectivity index (χ3v) is 4.73. The molecule has 0 bridgehead atoms. The molecule has 21 heavy (non-hydrogen) atoms. The van der Waals surface area contributed by atoms with Gasteiger partial charge in [0.1, 0.15) is 5.01 Å². The molecule has 4 nitrogen and oxygen atoms in total. The van der Waals surface area contributed by atoms with Gasteiger partial charge in [-0.2, -0.15) is 0 Å². The molecule has 0 saturated carbocycles. The van der Waals surface area contributed by atoms with Crippen LogP contribution in [-0.4, -0.2) is 11.0 Å². The van der Waals surface area contributed by atoms with Crippen LogP contribution in [0.1, 0.15) is 23.7 Å². The molecular weight excluding hydrogens is 329 g/mol. The number of carbonyl (C=O) groups excluding carboxylic acids is 1. The van der Waals surface area contributed by atoms with Gasteiger partial charge in [0, 0.05) is 16.8 Å². The summed E-state index contributed by atoms with van der Waals surface area (Å²) in [5.41, 5.74) is 0.0206. The minimum absolute atomic E-state index is 0.328. The van der Waals surface area contributed by atoms with Gasteiger partial charge in [0.2, 0.25) is 0 Å². The van der Waals surface area contributed by atoms with Crippen LogP contribution in [0, 0.1) is 6.92 Å². The molecule has 0 unspecified atom stereocenters. The van der Waals surface area contributed by atoms with Crippen LogP contribution >= 0.6 is 34.5 Å². The molecule has 0 aliphatic carbocycles. The molecule has 1 aromatic heterocycles. The van der Waals surface area contributed by atoms with Gasteiger partial charge in [0.05, 0.1) is 15.6 Å². The predicted octanol–water partition coefficient (Wildman–Crippen LogP) is 4.82. The summed E-state index contributed by atoms with van der Waals surface area (Å²) >= 11 is 13.3. The van der Waals surface area contributed by atoms with Gasteiger partial charge in [-0.1, -0.05) is 23.2 Å². The Balaban J connectivity index is 2.05. The molecule has 0 aliphatic rings. The zero-order valence-electron chi connectivity index (χ0n) is 11.8. The topological polar surface area (TPSA) is 54.0 Å². The SMILES string of the molecule is Cc1cnc(C(C)(C)NC(=O)Nc2ccc(Cl)c(Cl)c2)s1. The van der Waals surface area contributed by atoms with E-state index in [1.54, 1.807) is 35.7 Å². The van der Waals surface area contributed by atoms with Gasteiger partial charge in [0.15, 0.2) is 0 Å². The van der Waals surface area contributed by atoms with E-state index in [1.165, 1.54) is 0 Å². The highest BCUT2D eigenvalue weighted by Gasteiger charge is 2.26. The Morgan fingerprint density at radius 2 is 2.00 bits per heavy atom. The van der Waals surface area contributed by atoms with Gasteiger partial charge in [0.25, 0.3) is 0 Å². The van der Waals surface area contributed by atoms with E-state index in [0.29, 0.717) is 15.7 Å². The summed E-state index contributed by atoms with van der Waals surface area (Å²) in [7, 11) is 0. The first-order valence-corrected chi connectivity index (χ1v) is 7.82. The molecule has 0 atom stereocenters. The van der Waals surface area contributed by atoms with E-state index < -0.39 is 5.54 Å². The Morgan fingerprint density at radius 1 is 1.29 bits per heavy atom. The predicted molar refractivity (Wildman–Crippen MR) is 88.5 cm³/mol. The first-order valence-electron chi connectivity index (χ1n) is 6.25. The molecule has 0 spiro atoms. The van der Waals surface area contributed by atoms with Crippen molar-refractivity contribution < 1.29 is 4.79 Å². The van der Waals surface area contributed by atoms with E-state index in [-0.39, 0.29) is 6.03 Å². The molecule has 2 rings (SSSR count). The van der Waals surface area contributed by atoms with Crippen molar-refractivity contribution in [3.63, 3.8) is 0 Å². The largest absolute Gasteiger partial charge is 0.326 e. The number of aryl methyl sites for hydroxylation is 1. The third-order valence-electron chi connectivity index (χ3n) is 2.76. The number of hydrogen-bond donors (Lipinski definition) is 2. The van der Waals surface area contributed by atoms with E-state index >= 15 is 0 Å². The van der Waals surface area contributed by atoms with E-state index in [4.69, 9.17) is 23.2 Å². The maximum Gasteiger partial charge on any atom is 0.319 e. The van der Waals surface area contributed by atoms with Gasteiger partial charge in [-0.15, -0.1) is 11.3 Å². The third kappa shape index (κ3) is 4.09. The number of anilines is 1. The fourth-order valence-electron chi connectivity index (χ4n) is 1.72. The summed E-state index contributed by atoms with van der Waals surface area (Å²) in [6.45, 7) is 5.78. The van der Waals surface area contributed by atoms with Crippen molar-refractivity contribution in [2.45, 2.75) is 26.3 Å². The fraction of sp³-hybridized carbons (Fsp3) is 0.286. The van der Waals surface area contributed by atoms with Crippen LogP contribution in [0.5, 0.6) is 0 Å². The van der Waals surface area contributed by atoms with Crippen molar-refractivity contribution in [2.75, 3.05) is 5.32 Å². The van der Waals surface area contributed by atoms with Crippen LogP contribution in [-0.2, 0) is 5.54 Å². The number of nitrogens with one attached hydrogen (secondary N) is 2. The zero-order valence-corrected chi connectivity index (χ0v) is 14.2. The Labute approximate surface area is 137 Å². The van der Waals surface area contributed by atoms with Crippen molar-refractivity contribution in [3.8, 4) is 0 Å². The van der Waals surface area contributed by atoms with Crippen LogP contribution in [0.25, 0.3) is 0 Å². The van der Waals surface area contributed by atoms with Crippen molar-refractivity contribution in [1.82, 2.24) is 10.3 Å². The molecule has 112 valence electrons. The van der Waals surface area contributed by atoms with Crippen molar-refractivity contribution >= 4 is 46.3 Å². The number of hydrogen-bond acceptors (Lipinski definition) is 3. The lowest BCUT2D eigenvalue weighted by Crippen LogP contribution is -2.43. The Hall–Kier alpha value is -1.30. The van der Waals surface area contributed by atoms with Crippen molar-refractivity contribution in [1.29, 1.82) is 0 Å². The molecule has 0 aliphatic heterocycles. The molecule has 2 aromatic rings. The first-order chi connectivity index (χ1) is 9.78. The van der Waals surface area contributed by atoms with Gasteiger partial charge in [-0.05, 0) is 39.0 Å². The quantitative estimate of drug-likeness (QED) is 0.839. The highest BCUT2D eigenvalue weighted by atomic mass is 35.5. The van der Waals surface area contributed by atoms with Gasteiger partial charge < -0.3 is 10.6 Å². The number of amides is 2. The molecular formula is C14H15Cl2N3OS. The lowest BCUT2D eigenvalue weighted by atomic mass is 10.1. The molecule has 0 saturated heterocycles.